The van der Waals surface area contributed by atoms with Crippen molar-refractivity contribution in [3.8, 4) is 28.7 Å². The summed E-state index contributed by atoms with van der Waals surface area (Å²) in [4.78, 5) is 25.5. The SMILES string of the molecule is COc1ccc(C(=O)COc2ccc3c(c2)OC(=CC2=Cc4ccccc4OC2C)C3=O)cc1OC. The first-order valence-corrected chi connectivity index (χ1v) is 11.4. The van der Waals surface area contributed by atoms with Crippen LogP contribution >= 0.6 is 0 Å². The van der Waals surface area contributed by atoms with Crippen LogP contribution in [-0.4, -0.2) is 38.5 Å². The summed E-state index contributed by atoms with van der Waals surface area (Å²) in [7, 11) is 3.04. The largest absolute Gasteiger partial charge is 0.493 e. The lowest BCUT2D eigenvalue weighted by Crippen LogP contribution is -2.18. The fraction of sp³-hybridized carbons (Fsp3) is 0.172. The van der Waals surface area contributed by atoms with Crippen LogP contribution in [0.1, 0.15) is 33.2 Å². The second-order valence-corrected chi connectivity index (χ2v) is 8.32. The number of hydrogen-bond acceptors (Lipinski definition) is 7. The number of hydrogen-bond donors (Lipinski definition) is 0. The molecule has 1 atom stereocenters. The maximum Gasteiger partial charge on any atom is 0.231 e. The van der Waals surface area contributed by atoms with Crippen molar-refractivity contribution in [2.75, 3.05) is 20.8 Å². The summed E-state index contributed by atoms with van der Waals surface area (Å²) < 4.78 is 28.0. The van der Waals surface area contributed by atoms with Crippen molar-refractivity contribution in [1.82, 2.24) is 0 Å². The first-order chi connectivity index (χ1) is 17.5. The number of allylic oxidation sites excluding steroid dienone is 1. The Morgan fingerprint density at radius 2 is 1.78 bits per heavy atom. The first kappa shape index (κ1) is 23.2. The molecule has 0 spiro atoms. The van der Waals surface area contributed by atoms with Gasteiger partial charge in [0.25, 0.3) is 0 Å². The third kappa shape index (κ3) is 4.43. The molecule has 0 saturated carbocycles. The van der Waals surface area contributed by atoms with Crippen molar-refractivity contribution in [2.24, 2.45) is 0 Å². The van der Waals surface area contributed by atoms with Crippen molar-refractivity contribution in [3.63, 3.8) is 0 Å². The standard InChI is InChI=1S/C29H24O7/c1-17-20(12-19-6-4-5-7-24(19)35-17)14-28-29(31)22-10-9-21(15-26(22)36-28)34-16-23(30)18-8-11-25(32-2)27(13-18)33-3/h4-15,17H,16H2,1-3H3. The number of benzene rings is 3. The van der Waals surface area contributed by atoms with Crippen LogP contribution in [-0.2, 0) is 0 Å². The summed E-state index contributed by atoms with van der Waals surface area (Å²) in [5.74, 6) is 2.37. The number of rotatable bonds is 7. The summed E-state index contributed by atoms with van der Waals surface area (Å²) in [5, 5.41) is 0. The number of carbonyl (C=O) groups excluding carboxylic acids is 2. The van der Waals surface area contributed by atoms with Crippen LogP contribution in [0.3, 0.4) is 0 Å². The number of carbonyl (C=O) groups is 2. The maximum absolute atomic E-state index is 12.9. The van der Waals surface area contributed by atoms with E-state index in [4.69, 9.17) is 23.7 Å². The molecule has 7 heteroatoms. The Morgan fingerprint density at radius 3 is 2.58 bits per heavy atom. The van der Waals surface area contributed by atoms with Crippen molar-refractivity contribution < 1.29 is 33.3 Å². The van der Waals surface area contributed by atoms with Crippen LogP contribution in [0.4, 0.5) is 0 Å². The predicted octanol–water partition coefficient (Wildman–Crippen LogP) is 5.29. The van der Waals surface area contributed by atoms with Gasteiger partial charge in [-0.05, 0) is 61.0 Å². The van der Waals surface area contributed by atoms with E-state index >= 15 is 0 Å². The average Bonchev–Trinajstić information content (AvgIpc) is 3.21. The Kier molecular flexibility index (Phi) is 6.21. The molecule has 2 aliphatic rings. The fourth-order valence-corrected chi connectivity index (χ4v) is 4.07. The number of Topliss-reactive ketones (excluding diaryl/α,β-unsaturated/α-hetero) is 2. The molecule has 36 heavy (non-hydrogen) atoms. The topological polar surface area (TPSA) is 80.3 Å². The van der Waals surface area contributed by atoms with E-state index in [1.165, 1.54) is 14.2 Å². The van der Waals surface area contributed by atoms with Gasteiger partial charge in [0.15, 0.2) is 29.6 Å². The molecular weight excluding hydrogens is 460 g/mol. The molecule has 0 amide bonds. The molecule has 5 rings (SSSR count). The molecule has 3 aromatic carbocycles. The summed E-state index contributed by atoms with van der Waals surface area (Å²) in [6.07, 6.45) is 3.48. The summed E-state index contributed by atoms with van der Waals surface area (Å²) in [6.45, 7) is 1.73. The monoisotopic (exact) mass is 484 g/mol. The van der Waals surface area contributed by atoms with E-state index in [9.17, 15) is 9.59 Å². The van der Waals surface area contributed by atoms with E-state index in [0.717, 1.165) is 16.9 Å². The molecule has 0 N–H and O–H groups in total. The molecule has 2 heterocycles. The first-order valence-electron chi connectivity index (χ1n) is 11.4. The molecule has 0 aliphatic carbocycles. The predicted molar refractivity (Wildman–Crippen MR) is 133 cm³/mol. The van der Waals surface area contributed by atoms with Gasteiger partial charge in [0, 0.05) is 17.2 Å². The number of para-hydroxylation sites is 1. The second-order valence-electron chi connectivity index (χ2n) is 8.32. The van der Waals surface area contributed by atoms with Gasteiger partial charge in [0.2, 0.25) is 5.78 Å². The highest BCUT2D eigenvalue weighted by molar-refractivity contribution is 6.12. The zero-order valence-electron chi connectivity index (χ0n) is 20.1. The normalized spacial score (nSPS) is 16.9. The van der Waals surface area contributed by atoms with Gasteiger partial charge in [-0.25, -0.2) is 0 Å². The van der Waals surface area contributed by atoms with Crippen molar-refractivity contribution in [1.29, 1.82) is 0 Å². The minimum Gasteiger partial charge on any atom is -0.493 e. The molecule has 1 unspecified atom stereocenters. The van der Waals surface area contributed by atoms with Gasteiger partial charge in [-0.2, -0.15) is 0 Å². The minimum atomic E-state index is -0.229. The highest BCUT2D eigenvalue weighted by Gasteiger charge is 2.29. The zero-order valence-corrected chi connectivity index (χ0v) is 20.1. The zero-order chi connectivity index (χ0) is 25.2. The highest BCUT2D eigenvalue weighted by atomic mass is 16.5. The Balaban J connectivity index is 1.30. The van der Waals surface area contributed by atoms with Gasteiger partial charge in [-0.1, -0.05) is 18.2 Å². The maximum atomic E-state index is 12.9. The molecule has 0 bridgehead atoms. The Morgan fingerprint density at radius 1 is 0.972 bits per heavy atom. The number of ether oxygens (including phenoxy) is 5. The quantitative estimate of drug-likeness (QED) is 0.333. The smallest absolute Gasteiger partial charge is 0.231 e. The van der Waals surface area contributed by atoms with Crippen LogP contribution in [0.2, 0.25) is 0 Å². The molecule has 182 valence electrons. The third-order valence-electron chi connectivity index (χ3n) is 6.03. The van der Waals surface area contributed by atoms with Crippen LogP contribution in [0.5, 0.6) is 28.7 Å². The van der Waals surface area contributed by atoms with Gasteiger partial charge < -0.3 is 23.7 Å². The highest BCUT2D eigenvalue weighted by Crippen LogP contribution is 2.36. The summed E-state index contributed by atoms with van der Waals surface area (Å²) >= 11 is 0. The fourth-order valence-electron chi connectivity index (χ4n) is 4.07. The minimum absolute atomic E-state index is 0.188. The van der Waals surface area contributed by atoms with E-state index in [2.05, 4.69) is 0 Å². The molecular formula is C29H24O7. The molecule has 2 aliphatic heterocycles. The van der Waals surface area contributed by atoms with Gasteiger partial charge in [0.05, 0.1) is 19.8 Å². The van der Waals surface area contributed by atoms with Gasteiger partial charge >= 0.3 is 0 Å². The summed E-state index contributed by atoms with van der Waals surface area (Å²) in [6, 6.07) is 17.5. The summed E-state index contributed by atoms with van der Waals surface area (Å²) in [5.41, 5.74) is 2.65. The lowest BCUT2D eigenvalue weighted by molar-refractivity contribution is 0.0920. The van der Waals surface area contributed by atoms with Crippen LogP contribution in [0.25, 0.3) is 6.08 Å². The van der Waals surface area contributed by atoms with Gasteiger partial charge in [-0.3, -0.25) is 9.59 Å². The molecule has 0 aromatic heterocycles. The lowest BCUT2D eigenvalue weighted by Gasteiger charge is -2.22. The van der Waals surface area contributed by atoms with E-state index in [-0.39, 0.29) is 30.0 Å². The van der Waals surface area contributed by atoms with E-state index in [1.54, 1.807) is 42.5 Å². The van der Waals surface area contributed by atoms with Crippen molar-refractivity contribution >= 4 is 17.6 Å². The van der Waals surface area contributed by atoms with Crippen molar-refractivity contribution in [2.45, 2.75) is 13.0 Å². The number of fused-ring (bicyclic) bond motifs is 2. The molecule has 0 fully saturated rings. The van der Waals surface area contributed by atoms with Crippen LogP contribution in [0, 0.1) is 0 Å². The van der Waals surface area contributed by atoms with E-state index < -0.39 is 0 Å². The Bertz CT molecular complexity index is 1420. The average molecular weight is 485 g/mol. The lowest BCUT2D eigenvalue weighted by atomic mass is 10.0. The Labute approximate surface area is 208 Å². The molecule has 3 aromatic rings. The second kappa shape index (κ2) is 9.62. The van der Waals surface area contributed by atoms with Crippen LogP contribution < -0.4 is 23.7 Å². The van der Waals surface area contributed by atoms with E-state index in [0.29, 0.717) is 34.1 Å². The van der Waals surface area contributed by atoms with E-state index in [1.807, 2.05) is 37.3 Å². The van der Waals surface area contributed by atoms with Gasteiger partial charge in [0.1, 0.15) is 23.4 Å². The third-order valence-corrected chi connectivity index (χ3v) is 6.03. The molecule has 0 radical (unpaired) electrons. The molecule has 7 nitrogen and oxygen atoms in total. The van der Waals surface area contributed by atoms with Gasteiger partial charge in [-0.15, -0.1) is 0 Å². The van der Waals surface area contributed by atoms with Crippen LogP contribution in [0.15, 0.2) is 78.1 Å². The Hall–Kier alpha value is -4.52. The van der Waals surface area contributed by atoms with Crippen molar-refractivity contribution in [3.05, 3.63) is 94.8 Å². The molecule has 0 saturated heterocycles. The number of ketones is 2. The number of methoxy groups -OCH3 is 2.